The summed E-state index contributed by atoms with van der Waals surface area (Å²) < 4.78 is 9.07. The highest BCUT2D eigenvalue weighted by molar-refractivity contribution is 5.73. The Morgan fingerprint density at radius 1 is 1.24 bits per heavy atom. The van der Waals surface area contributed by atoms with E-state index in [1.54, 1.807) is 17.2 Å². The Morgan fingerprint density at radius 2 is 2.07 bits per heavy atom. The fraction of sp³-hybridized carbons (Fsp3) is 0.350. The lowest BCUT2D eigenvalue weighted by Gasteiger charge is -2.22. The molecule has 1 fully saturated rings. The Bertz CT molecular complexity index is 1220. The van der Waals surface area contributed by atoms with E-state index in [2.05, 4.69) is 20.2 Å². The zero-order valence-corrected chi connectivity index (χ0v) is 16.1. The first-order chi connectivity index (χ1) is 14.2. The first-order valence-electron chi connectivity index (χ1n) is 9.70. The van der Waals surface area contributed by atoms with Gasteiger partial charge in [-0.25, -0.2) is 19.3 Å². The fourth-order valence-electron chi connectivity index (χ4n) is 3.79. The number of ether oxygens (including phenoxy) is 1. The summed E-state index contributed by atoms with van der Waals surface area (Å²) in [6.07, 6.45) is 5.50. The first kappa shape index (κ1) is 17.7. The van der Waals surface area contributed by atoms with Crippen LogP contribution in [0.3, 0.4) is 0 Å². The fourth-order valence-corrected chi connectivity index (χ4v) is 3.79. The number of benzene rings is 1. The Labute approximate surface area is 166 Å². The molecule has 0 saturated carbocycles. The topological polar surface area (TPSA) is 104 Å². The summed E-state index contributed by atoms with van der Waals surface area (Å²) in [7, 11) is 0. The Kier molecular flexibility index (Phi) is 4.44. The summed E-state index contributed by atoms with van der Waals surface area (Å²) in [5.74, 6) is 1.30. The molecule has 4 heterocycles. The van der Waals surface area contributed by atoms with Gasteiger partial charge in [0.25, 0.3) is 5.56 Å². The normalized spacial score (nSPS) is 15.2. The monoisotopic (exact) mass is 391 g/mol. The van der Waals surface area contributed by atoms with Crippen molar-refractivity contribution in [2.24, 2.45) is 0 Å². The number of H-pyrrole nitrogens is 1. The molecule has 0 bridgehead atoms. The molecule has 3 aromatic heterocycles. The van der Waals surface area contributed by atoms with Crippen LogP contribution in [0.15, 0.2) is 41.6 Å². The predicted octanol–water partition coefficient (Wildman–Crippen LogP) is 1.95. The first-order valence-corrected chi connectivity index (χ1v) is 9.70. The smallest absolute Gasteiger partial charge is 0.262 e. The number of hydrogen-bond acceptors (Lipinski definition) is 6. The van der Waals surface area contributed by atoms with Crippen LogP contribution in [-0.2, 0) is 11.2 Å². The molecule has 9 heteroatoms. The summed E-state index contributed by atoms with van der Waals surface area (Å²) >= 11 is 0. The van der Waals surface area contributed by atoms with Gasteiger partial charge in [-0.05, 0) is 31.4 Å². The molecule has 0 amide bonds. The molecule has 0 atom stereocenters. The quantitative estimate of drug-likeness (QED) is 0.570. The van der Waals surface area contributed by atoms with E-state index in [-0.39, 0.29) is 11.6 Å². The molecule has 148 valence electrons. The number of aryl methyl sites for hydroxylation is 1. The van der Waals surface area contributed by atoms with Gasteiger partial charge in [-0.1, -0.05) is 18.2 Å². The van der Waals surface area contributed by atoms with Crippen LogP contribution in [0.4, 0.5) is 0 Å². The van der Waals surface area contributed by atoms with Crippen molar-refractivity contribution in [3.8, 4) is 5.69 Å². The van der Waals surface area contributed by atoms with E-state index in [9.17, 15) is 4.79 Å². The molecule has 29 heavy (non-hydrogen) atoms. The van der Waals surface area contributed by atoms with Crippen LogP contribution in [-0.4, -0.2) is 47.7 Å². The molecule has 9 nitrogen and oxygen atoms in total. The number of hydrogen-bond donors (Lipinski definition) is 1. The number of aromatic nitrogens is 7. The number of fused-ring (bicyclic) bond motifs is 1. The van der Waals surface area contributed by atoms with E-state index < -0.39 is 0 Å². The third-order valence-corrected chi connectivity index (χ3v) is 5.25. The lowest BCUT2D eigenvalue weighted by molar-refractivity contribution is 0.0673. The van der Waals surface area contributed by atoms with Gasteiger partial charge in [0.2, 0.25) is 0 Å². The van der Waals surface area contributed by atoms with Gasteiger partial charge in [0.15, 0.2) is 5.65 Å². The van der Waals surface area contributed by atoms with Crippen LogP contribution in [0.1, 0.15) is 36.1 Å². The minimum Gasteiger partial charge on any atom is -0.381 e. The largest absolute Gasteiger partial charge is 0.381 e. The van der Waals surface area contributed by atoms with Gasteiger partial charge in [0.1, 0.15) is 23.4 Å². The third-order valence-electron chi connectivity index (χ3n) is 5.25. The van der Waals surface area contributed by atoms with Crippen LogP contribution in [0.25, 0.3) is 16.7 Å². The lowest BCUT2D eigenvalue weighted by Crippen LogP contribution is -2.21. The summed E-state index contributed by atoms with van der Waals surface area (Å²) in [6.45, 7) is 3.25. The molecule has 0 spiro atoms. The number of nitrogens with zero attached hydrogens (tertiary/aromatic N) is 6. The van der Waals surface area contributed by atoms with E-state index in [4.69, 9.17) is 9.72 Å². The Morgan fingerprint density at radius 3 is 2.86 bits per heavy atom. The van der Waals surface area contributed by atoms with Crippen LogP contribution < -0.4 is 5.56 Å². The summed E-state index contributed by atoms with van der Waals surface area (Å²) in [5.41, 5.74) is 2.37. The number of nitrogens with one attached hydrogen (secondary N) is 1. The average Bonchev–Trinajstić information content (AvgIpc) is 3.36. The highest BCUT2D eigenvalue weighted by Gasteiger charge is 2.21. The molecule has 0 unspecified atom stereocenters. The van der Waals surface area contributed by atoms with Crippen molar-refractivity contribution in [2.75, 3.05) is 13.2 Å². The van der Waals surface area contributed by atoms with E-state index in [0.29, 0.717) is 42.3 Å². The molecule has 1 N–H and O–H groups in total. The summed E-state index contributed by atoms with van der Waals surface area (Å²) in [5, 5.41) is 9.37. The van der Waals surface area contributed by atoms with Gasteiger partial charge in [-0.3, -0.25) is 4.79 Å². The maximum atomic E-state index is 12.6. The highest BCUT2D eigenvalue weighted by Crippen LogP contribution is 2.23. The zero-order chi connectivity index (χ0) is 19.8. The Hall–Kier alpha value is -3.33. The van der Waals surface area contributed by atoms with Gasteiger partial charge >= 0.3 is 0 Å². The van der Waals surface area contributed by atoms with Crippen molar-refractivity contribution >= 4 is 11.0 Å². The molecule has 1 saturated heterocycles. The molecule has 0 aliphatic carbocycles. The molecule has 1 aliphatic rings. The van der Waals surface area contributed by atoms with Gasteiger partial charge in [0, 0.05) is 19.6 Å². The minimum absolute atomic E-state index is 0.169. The minimum atomic E-state index is -0.169. The number of para-hydroxylation sites is 1. The van der Waals surface area contributed by atoms with Crippen LogP contribution in [0, 0.1) is 6.92 Å². The van der Waals surface area contributed by atoms with Gasteiger partial charge < -0.3 is 9.72 Å². The number of aromatic amines is 1. The van der Waals surface area contributed by atoms with Crippen molar-refractivity contribution in [2.45, 2.75) is 32.2 Å². The summed E-state index contributed by atoms with van der Waals surface area (Å²) in [6, 6.07) is 8.11. The molecule has 1 aliphatic heterocycles. The lowest BCUT2D eigenvalue weighted by atomic mass is 10.1. The number of rotatable bonds is 4. The van der Waals surface area contributed by atoms with Crippen molar-refractivity contribution in [3.63, 3.8) is 0 Å². The average molecular weight is 391 g/mol. The van der Waals surface area contributed by atoms with Crippen LogP contribution in [0.2, 0.25) is 0 Å². The predicted molar refractivity (Wildman–Crippen MR) is 106 cm³/mol. The van der Waals surface area contributed by atoms with E-state index >= 15 is 0 Å². The molecule has 5 rings (SSSR count). The zero-order valence-electron chi connectivity index (χ0n) is 16.1. The van der Waals surface area contributed by atoms with Gasteiger partial charge in [0.05, 0.1) is 17.9 Å². The Balaban J connectivity index is 1.54. The van der Waals surface area contributed by atoms with Crippen LogP contribution >= 0.6 is 0 Å². The molecular weight excluding hydrogens is 370 g/mol. The second kappa shape index (κ2) is 7.25. The van der Waals surface area contributed by atoms with Crippen LogP contribution in [0.5, 0.6) is 0 Å². The summed E-state index contributed by atoms with van der Waals surface area (Å²) in [4.78, 5) is 24.5. The van der Waals surface area contributed by atoms with E-state index in [1.807, 2.05) is 35.9 Å². The maximum Gasteiger partial charge on any atom is 0.262 e. The van der Waals surface area contributed by atoms with E-state index in [1.165, 1.54) is 0 Å². The third kappa shape index (κ3) is 3.33. The molecular formula is C20H21N7O2. The van der Waals surface area contributed by atoms with Crippen molar-refractivity contribution < 1.29 is 4.74 Å². The SMILES string of the molecule is Cc1ncn(-c2ccccc2Cc2nc3c(cnn3C3CCOCC3)c(=O)[nH]2)n1. The maximum absolute atomic E-state index is 12.6. The second-order valence-corrected chi connectivity index (χ2v) is 7.22. The van der Waals surface area contributed by atoms with Crippen molar-refractivity contribution in [1.82, 2.24) is 34.5 Å². The van der Waals surface area contributed by atoms with Crippen molar-refractivity contribution in [1.29, 1.82) is 0 Å². The molecule has 0 radical (unpaired) electrons. The second-order valence-electron chi connectivity index (χ2n) is 7.22. The van der Waals surface area contributed by atoms with Crippen molar-refractivity contribution in [3.05, 3.63) is 64.4 Å². The standard InChI is InChI=1S/C20H21N7O2/c1-13-21-12-26(25-13)17-5-3-2-4-14(17)10-18-23-19-16(20(28)24-18)11-22-27(19)15-6-8-29-9-7-15/h2-5,11-12,15H,6-10H2,1H3,(H,23,24,28). The highest BCUT2D eigenvalue weighted by atomic mass is 16.5. The molecule has 1 aromatic carbocycles. The van der Waals surface area contributed by atoms with Gasteiger partial charge in [-0.2, -0.15) is 10.2 Å². The molecule has 4 aromatic rings. The van der Waals surface area contributed by atoms with E-state index in [0.717, 1.165) is 24.1 Å². The van der Waals surface area contributed by atoms with Gasteiger partial charge in [-0.15, -0.1) is 0 Å².